The molecule has 1 aromatic heterocycles. The molecule has 0 aliphatic carbocycles. The predicted molar refractivity (Wildman–Crippen MR) is 119 cm³/mol. The van der Waals surface area contributed by atoms with Crippen molar-refractivity contribution >= 4 is 11.8 Å². The third-order valence-electron chi connectivity index (χ3n) is 6.60. The van der Waals surface area contributed by atoms with Crippen molar-refractivity contribution in [1.29, 1.82) is 0 Å². The Morgan fingerprint density at radius 3 is 2.68 bits per heavy atom. The van der Waals surface area contributed by atoms with Crippen LogP contribution in [0.5, 0.6) is 0 Å². The number of anilines is 2. The van der Waals surface area contributed by atoms with Crippen molar-refractivity contribution in [3.05, 3.63) is 12.3 Å². The molecule has 2 aliphatic rings. The number of nitrogens with one attached hydrogen (secondary N) is 1. The van der Waals surface area contributed by atoms with E-state index in [0.717, 1.165) is 37.3 Å². The first-order chi connectivity index (χ1) is 13.8. The van der Waals surface area contributed by atoms with E-state index in [4.69, 9.17) is 4.98 Å². The molecule has 0 amide bonds. The van der Waals surface area contributed by atoms with Gasteiger partial charge in [0.2, 0.25) is 5.95 Å². The van der Waals surface area contributed by atoms with Crippen molar-refractivity contribution in [3.8, 4) is 0 Å². The molecule has 0 bridgehead atoms. The van der Waals surface area contributed by atoms with Crippen LogP contribution in [-0.2, 0) is 0 Å². The highest BCUT2D eigenvalue weighted by Gasteiger charge is 2.26. The highest BCUT2D eigenvalue weighted by Crippen LogP contribution is 2.23. The second-order valence-electron chi connectivity index (χ2n) is 8.73. The van der Waals surface area contributed by atoms with Gasteiger partial charge in [-0.2, -0.15) is 4.98 Å². The summed E-state index contributed by atoms with van der Waals surface area (Å²) in [6.45, 7) is 10.4. The molecule has 2 saturated heterocycles. The zero-order valence-corrected chi connectivity index (χ0v) is 18.2. The molecule has 158 valence electrons. The van der Waals surface area contributed by atoms with E-state index in [1.807, 2.05) is 6.20 Å². The van der Waals surface area contributed by atoms with Gasteiger partial charge < -0.3 is 10.2 Å². The number of hydrogen-bond acceptors (Lipinski definition) is 5. The fourth-order valence-electron chi connectivity index (χ4n) is 4.73. The van der Waals surface area contributed by atoms with Crippen LogP contribution in [-0.4, -0.2) is 53.6 Å². The molecule has 0 radical (unpaired) electrons. The Balaban J connectivity index is 1.52. The van der Waals surface area contributed by atoms with Crippen LogP contribution in [0.25, 0.3) is 0 Å². The van der Waals surface area contributed by atoms with E-state index in [0.29, 0.717) is 6.04 Å². The minimum Gasteiger partial charge on any atom is -0.356 e. The van der Waals surface area contributed by atoms with Gasteiger partial charge in [-0.1, -0.05) is 46.0 Å². The molecule has 2 fully saturated rings. The maximum absolute atomic E-state index is 4.83. The predicted octanol–water partition coefficient (Wildman–Crippen LogP) is 4.95. The summed E-state index contributed by atoms with van der Waals surface area (Å²) >= 11 is 0. The SMILES string of the molecule is CCCCC(CC)CN1CCCC1CNc1nccc(N2CCCCCC2)n1. The first-order valence-corrected chi connectivity index (χ1v) is 11.9. The number of hydrogen-bond donors (Lipinski definition) is 1. The molecule has 2 atom stereocenters. The average molecular weight is 388 g/mol. The lowest BCUT2D eigenvalue weighted by molar-refractivity contribution is 0.209. The highest BCUT2D eigenvalue weighted by atomic mass is 15.2. The van der Waals surface area contributed by atoms with Crippen LogP contribution in [0.3, 0.4) is 0 Å². The van der Waals surface area contributed by atoms with Gasteiger partial charge in [-0.25, -0.2) is 4.98 Å². The van der Waals surface area contributed by atoms with Gasteiger partial charge in [0.15, 0.2) is 0 Å². The molecule has 0 spiro atoms. The van der Waals surface area contributed by atoms with E-state index in [2.05, 4.69) is 40.0 Å². The molecule has 3 rings (SSSR count). The molecule has 5 heteroatoms. The number of nitrogens with zero attached hydrogens (tertiary/aromatic N) is 4. The number of likely N-dealkylation sites (tertiary alicyclic amines) is 1. The van der Waals surface area contributed by atoms with E-state index in [1.54, 1.807) is 0 Å². The van der Waals surface area contributed by atoms with Gasteiger partial charge in [-0.15, -0.1) is 0 Å². The Labute approximate surface area is 172 Å². The van der Waals surface area contributed by atoms with Gasteiger partial charge in [0.25, 0.3) is 0 Å². The van der Waals surface area contributed by atoms with E-state index in [9.17, 15) is 0 Å². The molecule has 5 nitrogen and oxygen atoms in total. The third-order valence-corrected chi connectivity index (χ3v) is 6.60. The fraction of sp³-hybridized carbons (Fsp3) is 0.826. The van der Waals surface area contributed by atoms with Crippen LogP contribution in [0.15, 0.2) is 12.3 Å². The van der Waals surface area contributed by atoms with Crippen molar-refractivity contribution in [2.24, 2.45) is 5.92 Å². The van der Waals surface area contributed by atoms with E-state index < -0.39 is 0 Å². The Hall–Kier alpha value is -1.36. The minimum atomic E-state index is 0.626. The monoisotopic (exact) mass is 387 g/mol. The van der Waals surface area contributed by atoms with Crippen LogP contribution >= 0.6 is 0 Å². The summed E-state index contributed by atoms with van der Waals surface area (Å²) < 4.78 is 0. The first-order valence-electron chi connectivity index (χ1n) is 11.9. The molecular weight excluding hydrogens is 346 g/mol. The summed E-state index contributed by atoms with van der Waals surface area (Å²) in [7, 11) is 0. The van der Waals surface area contributed by atoms with Crippen LogP contribution in [0.1, 0.15) is 78.1 Å². The summed E-state index contributed by atoms with van der Waals surface area (Å²) in [4.78, 5) is 14.5. The molecule has 1 N–H and O–H groups in total. The van der Waals surface area contributed by atoms with Crippen LogP contribution in [0.2, 0.25) is 0 Å². The van der Waals surface area contributed by atoms with Gasteiger partial charge in [-0.05, 0) is 50.6 Å². The minimum absolute atomic E-state index is 0.626. The second-order valence-corrected chi connectivity index (χ2v) is 8.73. The molecule has 1 aromatic rings. The fourth-order valence-corrected chi connectivity index (χ4v) is 4.73. The van der Waals surface area contributed by atoms with Gasteiger partial charge in [-0.3, -0.25) is 4.90 Å². The number of rotatable bonds is 10. The van der Waals surface area contributed by atoms with Crippen LogP contribution in [0.4, 0.5) is 11.8 Å². The van der Waals surface area contributed by atoms with Crippen LogP contribution in [0, 0.1) is 5.92 Å². The van der Waals surface area contributed by atoms with E-state index in [1.165, 1.54) is 77.3 Å². The molecule has 0 saturated carbocycles. The average Bonchev–Trinajstić information content (AvgIpc) is 2.99. The molecule has 2 unspecified atom stereocenters. The summed E-state index contributed by atoms with van der Waals surface area (Å²) in [5.74, 6) is 2.74. The third kappa shape index (κ3) is 6.33. The molecular formula is C23H41N5. The lowest BCUT2D eigenvalue weighted by Gasteiger charge is -2.29. The Kier molecular flexibility index (Phi) is 8.84. The zero-order valence-electron chi connectivity index (χ0n) is 18.2. The van der Waals surface area contributed by atoms with Gasteiger partial charge in [0.05, 0.1) is 0 Å². The summed E-state index contributed by atoms with van der Waals surface area (Å²) in [5, 5.41) is 3.56. The zero-order chi connectivity index (χ0) is 19.6. The largest absolute Gasteiger partial charge is 0.356 e. The summed E-state index contributed by atoms with van der Waals surface area (Å²) in [5.41, 5.74) is 0. The van der Waals surface area contributed by atoms with E-state index >= 15 is 0 Å². The maximum Gasteiger partial charge on any atom is 0.224 e. The second kappa shape index (κ2) is 11.6. The lowest BCUT2D eigenvalue weighted by Crippen LogP contribution is -2.38. The van der Waals surface area contributed by atoms with Gasteiger partial charge in [0.1, 0.15) is 5.82 Å². The first kappa shape index (κ1) is 21.4. The van der Waals surface area contributed by atoms with E-state index in [-0.39, 0.29) is 0 Å². The van der Waals surface area contributed by atoms with Crippen molar-refractivity contribution < 1.29 is 0 Å². The maximum atomic E-state index is 4.83. The smallest absolute Gasteiger partial charge is 0.224 e. The molecule has 2 aliphatic heterocycles. The number of aromatic nitrogens is 2. The normalized spacial score (nSPS) is 22.2. The Morgan fingerprint density at radius 2 is 1.93 bits per heavy atom. The van der Waals surface area contributed by atoms with Crippen LogP contribution < -0.4 is 10.2 Å². The topological polar surface area (TPSA) is 44.3 Å². The van der Waals surface area contributed by atoms with Crippen molar-refractivity contribution in [2.75, 3.05) is 42.9 Å². The Bertz CT molecular complexity index is 556. The van der Waals surface area contributed by atoms with Crippen molar-refractivity contribution in [2.45, 2.75) is 84.1 Å². The summed E-state index contributed by atoms with van der Waals surface area (Å²) in [6, 6.07) is 2.69. The van der Waals surface area contributed by atoms with Gasteiger partial charge >= 0.3 is 0 Å². The summed E-state index contributed by atoms with van der Waals surface area (Å²) in [6.07, 6.45) is 15.2. The van der Waals surface area contributed by atoms with Gasteiger partial charge in [0, 0.05) is 38.4 Å². The molecule has 3 heterocycles. The lowest BCUT2D eigenvalue weighted by atomic mass is 9.98. The van der Waals surface area contributed by atoms with Crippen molar-refractivity contribution in [3.63, 3.8) is 0 Å². The van der Waals surface area contributed by atoms with Crippen molar-refractivity contribution in [1.82, 2.24) is 14.9 Å². The molecule has 28 heavy (non-hydrogen) atoms. The highest BCUT2D eigenvalue weighted by molar-refractivity contribution is 5.42. The standard InChI is InChI=1S/C23H41N5/c1-3-5-11-20(4-2)19-28-17-10-12-21(28)18-25-23-24-14-13-22(26-23)27-15-8-6-7-9-16-27/h13-14,20-21H,3-12,15-19H2,1-2H3,(H,24,25,26). The Morgan fingerprint density at radius 1 is 1.11 bits per heavy atom. The quantitative estimate of drug-likeness (QED) is 0.615. The number of unbranched alkanes of at least 4 members (excludes halogenated alkanes) is 1. The molecule has 0 aromatic carbocycles.